The monoisotopic (exact) mass is 444 g/mol. The summed E-state index contributed by atoms with van der Waals surface area (Å²) in [5.41, 5.74) is 0.925. The van der Waals surface area contributed by atoms with Crippen molar-refractivity contribution in [1.82, 2.24) is 15.5 Å². The first-order valence-corrected chi connectivity index (χ1v) is 10.4. The maximum atomic E-state index is 12.5. The first kappa shape index (κ1) is 23.2. The summed E-state index contributed by atoms with van der Waals surface area (Å²) in [5, 5.41) is 18.7. The average Bonchev–Trinajstić information content (AvgIpc) is 3.37. The van der Waals surface area contributed by atoms with Crippen molar-refractivity contribution in [2.75, 3.05) is 18.0 Å². The number of nitrogens with one attached hydrogen (secondary N) is 1. The first-order valence-electron chi connectivity index (χ1n) is 10.4. The minimum absolute atomic E-state index is 0.0953. The third-order valence-corrected chi connectivity index (χ3v) is 5.90. The van der Waals surface area contributed by atoms with Gasteiger partial charge in [-0.2, -0.15) is 18.3 Å². The molecule has 3 heterocycles. The maximum Gasteiger partial charge on any atom is 0.490 e. The number of anilines is 1. The summed E-state index contributed by atoms with van der Waals surface area (Å²) < 4.78 is 37.8. The van der Waals surface area contributed by atoms with Crippen LogP contribution in [0.5, 0.6) is 0 Å². The van der Waals surface area contributed by atoms with Crippen molar-refractivity contribution in [2.24, 2.45) is 5.92 Å². The molecule has 2 saturated heterocycles. The molecular formula is C20H27F3N4O4. The van der Waals surface area contributed by atoms with Crippen LogP contribution in [0.4, 0.5) is 19.0 Å². The number of alkyl halides is 3. The van der Waals surface area contributed by atoms with Crippen molar-refractivity contribution in [1.29, 1.82) is 0 Å². The van der Waals surface area contributed by atoms with Crippen LogP contribution >= 0.6 is 0 Å². The van der Waals surface area contributed by atoms with E-state index in [1.54, 1.807) is 0 Å². The molecule has 0 unspecified atom stereocenters. The van der Waals surface area contributed by atoms with Gasteiger partial charge in [0.25, 0.3) is 0 Å². The predicted octanol–water partition coefficient (Wildman–Crippen LogP) is 2.46. The van der Waals surface area contributed by atoms with Crippen LogP contribution in [0.15, 0.2) is 12.1 Å². The molecule has 3 aliphatic rings. The number of fused-ring (bicyclic) bond motifs is 1. The molecule has 1 aromatic rings. The van der Waals surface area contributed by atoms with E-state index in [0.717, 1.165) is 50.3 Å². The van der Waals surface area contributed by atoms with Crippen molar-refractivity contribution >= 4 is 17.7 Å². The number of aromatic nitrogens is 2. The highest BCUT2D eigenvalue weighted by molar-refractivity contribution is 5.81. The number of aryl methyl sites for hydroxylation is 1. The molecule has 1 aliphatic carbocycles. The molecule has 1 saturated carbocycles. The van der Waals surface area contributed by atoms with Crippen molar-refractivity contribution in [3.05, 3.63) is 17.8 Å². The number of halogens is 3. The second-order valence-corrected chi connectivity index (χ2v) is 8.22. The van der Waals surface area contributed by atoms with Crippen LogP contribution < -0.4 is 10.2 Å². The molecule has 0 aromatic carbocycles. The lowest BCUT2D eigenvalue weighted by atomic mass is 9.91. The molecule has 3 atom stereocenters. The lowest BCUT2D eigenvalue weighted by molar-refractivity contribution is -0.192. The van der Waals surface area contributed by atoms with E-state index < -0.39 is 12.1 Å². The fourth-order valence-corrected chi connectivity index (χ4v) is 4.23. The van der Waals surface area contributed by atoms with E-state index in [4.69, 9.17) is 14.6 Å². The van der Waals surface area contributed by atoms with E-state index in [1.165, 1.54) is 12.8 Å². The topological polar surface area (TPSA) is 105 Å². The first-order chi connectivity index (χ1) is 14.6. The lowest BCUT2D eigenvalue weighted by Gasteiger charge is -2.34. The Hall–Kier alpha value is -2.43. The average molecular weight is 444 g/mol. The number of rotatable bonds is 3. The summed E-state index contributed by atoms with van der Waals surface area (Å²) in [6.45, 7) is 3.70. The van der Waals surface area contributed by atoms with Crippen LogP contribution in [-0.4, -0.2) is 64.7 Å². The molecule has 0 spiro atoms. The Morgan fingerprint density at radius 3 is 2.45 bits per heavy atom. The minimum Gasteiger partial charge on any atom is -0.475 e. The molecule has 31 heavy (non-hydrogen) atoms. The van der Waals surface area contributed by atoms with Gasteiger partial charge in [0.15, 0.2) is 5.82 Å². The number of amides is 1. The number of carbonyl (C=O) groups excluding carboxylic acids is 1. The van der Waals surface area contributed by atoms with Gasteiger partial charge in [0.1, 0.15) is 6.10 Å². The zero-order valence-electron chi connectivity index (χ0n) is 17.3. The van der Waals surface area contributed by atoms with Gasteiger partial charge < -0.3 is 20.1 Å². The number of nitrogens with zero attached hydrogens (tertiary/aromatic N) is 3. The summed E-state index contributed by atoms with van der Waals surface area (Å²) in [6, 6.07) is 4.37. The number of aliphatic carboxylic acids is 1. The maximum absolute atomic E-state index is 12.5. The van der Waals surface area contributed by atoms with Crippen molar-refractivity contribution in [2.45, 2.75) is 69.9 Å². The van der Waals surface area contributed by atoms with Gasteiger partial charge >= 0.3 is 12.1 Å². The van der Waals surface area contributed by atoms with Crippen LogP contribution in [0, 0.1) is 12.8 Å². The van der Waals surface area contributed by atoms with Crippen molar-refractivity contribution in [3.63, 3.8) is 0 Å². The predicted molar refractivity (Wildman–Crippen MR) is 104 cm³/mol. The number of piperidine rings is 1. The van der Waals surface area contributed by atoms with Crippen LogP contribution in [0.1, 0.15) is 44.2 Å². The highest BCUT2D eigenvalue weighted by Crippen LogP contribution is 2.34. The Morgan fingerprint density at radius 2 is 1.87 bits per heavy atom. The van der Waals surface area contributed by atoms with Gasteiger partial charge in [0.2, 0.25) is 5.91 Å². The van der Waals surface area contributed by atoms with E-state index in [9.17, 15) is 18.0 Å². The highest BCUT2D eigenvalue weighted by atomic mass is 19.4. The van der Waals surface area contributed by atoms with Crippen LogP contribution in [-0.2, 0) is 14.3 Å². The van der Waals surface area contributed by atoms with Gasteiger partial charge in [-0.1, -0.05) is 12.8 Å². The molecule has 2 aliphatic heterocycles. The second kappa shape index (κ2) is 9.80. The Kier molecular flexibility index (Phi) is 7.34. The third kappa shape index (κ3) is 6.28. The zero-order valence-corrected chi connectivity index (χ0v) is 17.3. The molecule has 1 aromatic heterocycles. The number of hydrogen-bond donors (Lipinski definition) is 2. The Morgan fingerprint density at radius 1 is 1.19 bits per heavy atom. The normalized spacial score (nSPS) is 26.1. The molecule has 4 rings (SSSR count). The molecule has 0 bridgehead atoms. The molecule has 0 radical (unpaired) electrons. The molecule has 3 fully saturated rings. The SMILES string of the molecule is Cc1ccc(N2CC[C@H]3C[C@H](C(=O)NC4CCCC4)O[C@H]3C2)nn1.O=C(O)C(F)(F)F. The van der Waals surface area contributed by atoms with E-state index in [-0.39, 0.29) is 18.1 Å². The molecule has 172 valence electrons. The molecule has 1 amide bonds. The van der Waals surface area contributed by atoms with E-state index in [0.29, 0.717) is 12.0 Å². The summed E-state index contributed by atoms with van der Waals surface area (Å²) in [7, 11) is 0. The molecule has 8 nitrogen and oxygen atoms in total. The third-order valence-electron chi connectivity index (χ3n) is 5.90. The summed E-state index contributed by atoms with van der Waals surface area (Å²) >= 11 is 0. The Balaban J connectivity index is 0.000000339. The fourth-order valence-electron chi connectivity index (χ4n) is 4.23. The molecule has 11 heteroatoms. The molecule has 2 N–H and O–H groups in total. The fraction of sp³-hybridized carbons (Fsp3) is 0.700. The number of carbonyl (C=O) groups is 2. The van der Waals surface area contributed by atoms with Gasteiger partial charge in [-0.3, -0.25) is 4.79 Å². The van der Waals surface area contributed by atoms with E-state index in [2.05, 4.69) is 20.4 Å². The number of ether oxygens (including phenoxy) is 1. The number of hydrogen-bond acceptors (Lipinski definition) is 6. The Bertz CT molecular complexity index is 769. The largest absolute Gasteiger partial charge is 0.490 e. The van der Waals surface area contributed by atoms with E-state index >= 15 is 0 Å². The van der Waals surface area contributed by atoms with Crippen LogP contribution in [0.25, 0.3) is 0 Å². The lowest BCUT2D eigenvalue weighted by Crippen LogP contribution is -2.43. The number of carboxylic acids is 1. The van der Waals surface area contributed by atoms with Crippen LogP contribution in [0.2, 0.25) is 0 Å². The van der Waals surface area contributed by atoms with Gasteiger partial charge in [0.05, 0.1) is 11.8 Å². The van der Waals surface area contributed by atoms with Gasteiger partial charge in [0, 0.05) is 19.1 Å². The standard InChI is InChI=1S/C18H26N4O2.C2HF3O2/c1-12-6-7-17(21-20-12)22-9-8-13-10-15(24-16(13)11-22)18(23)19-14-4-2-3-5-14;3-2(4,5)1(6)7/h6-7,13-16H,2-5,8-11H2,1H3,(H,19,23);(H,6,7)/t13-,15+,16-;/m0./s1. The van der Waals surface area contributed by atoms with Gasteiger partial charge in [-0.25, -0.2) is 4.79 Å². The quantitative estimate of drug-likeness (QED) is 0.738. The van der Waals surface area contributed by atoms with E-state index in [1.807, 2.05) is 19.1 Å². The minimum atomic E-state index is -5.08. The van der Waals surface area contributed by atoms with Gasteiger partial charge in [-0.05, 0) is 50.7 Å². The van der Waals surface area contributed by atoms with Crippen LogP contribution in [0.3, 0.4) is 0 Å². The molecular weight excluding hydrogens is 417 g/mol. The van der Waals surface area contributed by atoms with Gasteiger partial charge in [-0.15, -0.1) is 5.10 Å². The highest BCUT2D eigenvalue weighted by Gasteiger charge is 2.42. The van der Waals surface area contributed by atoms with Crippen molar-refractivity contribution < 1.29 is 32.6 Å². The Labute approximate surface area is 178 Å². The summed E-state index contributed by atoms with van der Waals surface area (Å²) in [5.74, 6) is -1.27. The smallest absolute Gasteiger partial charge is 0.475 e. The zero-order chi connectivity index (χ0) is 22.6. The second-order valence-electron chi connectivity index (χ2n) is 8.22. The summed E-state index contributed by atoms with van der Waals surface area (Å²) in [4.78, 5) is 23.6. The van der Waals surface area contributed by atoms with Crippen molar-refractivity contribution in [3.8, 4) is 0 Å². The number of carboxylic acid groups (broad SMARTS) is 1. The summed E-state index contributed by atoms with van der Waals surface area (Å²) in [6.07, 6.45) is 1.37.